The van der Waals surface area contributed by atoms with Crippen LogP contribution in [0.5, 0.6) is 0 Å². The molecule has 1 rings (SSSR count). The number of aliphatic hydroxyl groups excluding tert-OH is 1. The lowest BCUT2D eigenvalue weighted by Crippen LogP contribution is -2.34. The zero-order valence-electron chi connectivity index (χ0n) is 9.54. The van der Waals surface area contributed by atoms with E-state index in [1.165, 1.54) is 45.2 Å². The highest BCUT2D eigenvalue weighted by Gasteiger charge is 2.17. The molecule has 0 unspecified atom stereocenters. The van der Waals surface area contributed by atoms with E-state index in [-0.39, 0.29) is 0 Å². The molecule has 1 heterocycles. The van der Waals surface area contributed by atoms with Crippen LogP contribution in [0.25, 0.3) is 0 Å². The van der Waals surface area contributed by atoms with Crippen LogP contribution in [0.4, 0.5) is 0 Å². The van der Waals surface area contributed by atoms with Crippen molar-refractivity contribution in [3.05, 3.63) is 0 Å². The summed E-state index contributed by atoms with van der Waals surface area (Å²) in [6.07, 6.45) is 7.88. The third kappa shape index (κ3) is 4.43. The fourth-order valence-electron chi connectivity index (χ4n) is 2.29. The summed E-state index contributed by atoms with van der Waals surface area (Å²) in [5, 5.41) is 8.74. The SMILES string of the molecule is CCCCC1CCN(CCCO)CC1. The van der Waals surface area contributed by atoms with Gasteiger partial charge in [0.15, 0.2) is 0 Å². The molecule has 0 aromatic heterocycles. The predicted octanol–water partition coefficient (Wildman–Crippen LogP) is 2.27. The van der Waals surface area contributed by atoms with Crippen molar-refractivity contribution in [2.45, 2.75) is 45.4 Å². The van der Waals surface area contributed by atoms with E-state index in [4.69, 9.17) is 5.11 Å². The summed E-state index contributed by atoms with van der Waals surface area (Å²) in [6.45, 7) is 6.23. The first-order valence-corrected chi connectivity index (χ1v) is 6.20. The van der Waals surface area contributed by atoms with Gasteiger partial charge in [-0.2, -0.15) is 0 Å². The van der Waals surface area contributed by atoms with Gasteiger partial charge in [-0.05, 0) is 38.3 Å². The molecular formula is C12H25NO. The monoisotopic (exact) mass is 199 g/mol. The fraction of sp³-hybridized carbons (Fsp3) is 1.00. The molecule has 0 spiro atoms. The van der Waals surface area contributed by atoms with Crippen LogP contribution in [0, 0.1) is 5.92 Å². The Labute approximate surface area is 88.3 Å². The van der Waals surface area contributed by atoms with Gasteiger partial charge >= 0.3 is 0 Å². The van der Waals surface area contributed by atoms with Crippen LogP contribution in [0.2, 0.25) is 0 Å². The first kappa shape index (κ1) is 12.0. The topological polar surface area (TPSA) is 23.5 Å². The second-order valence-electron chi connectivity index (χ2n) is 4.50. The van der Waals surface area contributed by atoms with Crippen molar-refractivity contribution < 1.29 is 5.11 Å². The van der Waals surface area contributed by atoms with E-state index in [9.17, 15) is 0 Å². The normalized spacial score (nSPS) is 20.1. The average Bonchev–Trinajstić information content (AvgIpc) is 2.25. The van der Waals surface area contributed by atoms with Gasteiger partial charge in [0.05, 0.1) is 0 Å². The maximum absolute atomic E-state index is 8.74. The van der Waals surface area contributed by atoms with E-state index in [1.807, 2.05) is 0 Å². The molecule has 1 saturated heterocycles. The third-order valence-corrected chi connectivity index (χ3v) is 3.31. The summed E-state index contributed by atoms with van der Waals surface area (Å²) in [5.41, 5.74) is 0. The van der Waals surface area contributed by atoms with E-state index >= 15 is 0 Å². The lowest BCUT2D eigenvalue weighted by molar-refractivity contribution is 0.162. The van der Waals surface area contributed by atoms with Crippen LogP contribution in [0.3, 0.4) is 0 Å². The van der Waals surface area contributed by atoms with E-state index < -0.39 is 0 Å². The zero-order chi connectivity index (χ0) is 10.2. The molecule has 1 aliphatic heterocycles. The standard InChI is InChI=1S/C12H25NO/c1-2-3-5-12-6-9-13(10-7-12)8-4-11-14/h12,14H,2-11H2,1H3. The average molecular weight is 199 g/mol. The number of rotatable bonds is 6. The van der Waals surface area contributed by atoms with Crippen molar-refractivity contribution in [3.63, 3.8) is 0 Å². The molecule has 0 aromatic carbocycles. The number of nitrogens with zero attached hydrogens (tertiary/aromatic N) is 1. The molecule has 0 atom stereocenters. The molecule has 1 aliphatic rings. The summed E-state index contributed by atoms with van der Waals surface area (Å²) in [4.78, 5) is 2.50. The van der Waals surface area contributed by atoms with Crippen LogP contribution < -0.4 is 0 Å². The van der Waals surface area contributed by atoms with Gasteiger partial charge in [0.25, 0.3) is 0 Å². The Kier molecular flexibility index (Phi) is 6.20. The van der Waals surface area contributed by atoms with Crippen LogP contribution in [-0.4, -0.2) is 36.2 Å². The van der Waals surface area contributed by atoms with E-state index in [0.717, 1.165) is 18.9 Å². The Hall–Kier alpha value is -0.0800. The minimum absolute atomic E-state index is 0.343. The van der Waals surface area contributed by atoms with Crippen molar-refractivity contribution in [1.29, 1.82) is 0 Å². The molecule has 1 N–H and O–H groups in total. The maximum Gasteiger partial charge on any atom is 0.0443 e. The van der Waals surface area contributed by atoms with Gasteiger partial charge in [0.1, 0.15) is 0 Å². The first-order valence-electron chi connectivity index (χ1n) is 6.20. The van der Waals surface area contributed by atoms with Gasteiger partial charge in [0, 0.05) is 13.2 Å². The molecule has 0 amide bonds. The Balaban J connectivity index is 2.05. The summed E-state index contributed by atoms with van der Waals surface area (Å²) in [5.74, 6) is 0.986. The van der Waals surface area contributed by atoms with E-state index in [1.54, 1.807) is 0 Å². The lowest BCUT2D eigenvalue weighted by atomic mass is 9.92. The summed E-state index contributed by atoms with van der Waals surface area (Å²) >= 11 is 0. The molecule has 0 aliphatic carbocycles. The predicted molar refractivity (Wildman–Crippen MR) is 60.4 cm³/mol. The summed E-state index contributed by atoms with van der Waals surface area (Å²) in [7, 11) is 0. The highest BCUT2D eigenvalue weighted by Crippen LogP contribution is 2.22. The number of hydrogen-bond acceptors (Lipinski definition) is 2. The number of aliphatic hydroxyl groups is 1. The van der Waals surface area contributed by atoms with E-state index in [2.05, 4.69) is 11.8 Å². The maximum atomic E-state index is 8.74. The minimum atomic E-state index is 0.343. The van der Waals surface area contributed by atoms with E-state index in [0.29, 0.717) is 6.61 Å². The minimum Gasteiger partial charge on any atom is -0.396 e. The van der Waals surface area contributed by atoms with Crippen LogP contribution >= 0.6 is 0 Å². The summed E-state index contributed by atoms with van der Waals surface area (Å²) < 4.78 is 0. The van der Waals surface area contributed by atoms with Crippen molar-refractivity contribution in [2.24, 2.45) is 5.92 Å². The van der Waals surface area contributed by atoms with Crippen molar-refractivity contribution in [3.8, 4) is 0 Å². The highest BCUT2D eigenvalue weighted by molar-refractivity contribution is 4.71. The Morgan fingerprint density at radius 1 is 1.21 bits per heavy atom. The molecule has 2 nitrogen and oxygen atoms in total. The van der Waals surface area contributed by atoms with Crippen LogP contribution in [0.1, 0.15) is 45.4 Å². The lowest BCUT2D eigenvalue weighted by Gasteiger charge is -2.31. The Morgan fingerprint density at radius 2 is 1.93 bits per heavy atom. The molecule has 1 fully saturated rings. The van der Waals surface area contributed by atoms with Crippen molar-refractivity contribution in [2.75, 3.05) is 26.2 Å². The first-order chi connectivity index (χ1) is 6.86. The molecule has 2 heteroatoms. The molecule has 0 bridgehead atoms. The zero-order valence-corrected chi connectivity index (χ0v) is 9.54. The highest BCUT2D eigenvalue weighted by atomic mass is 16.3. The van der Waals surface area contributed by atoms with Gasteiger partial charge in [-0.3, -0.25) is 0 Å². The van der Waals surface area contributed by atoms with Gasteiger partial charge < -0.3 is 10.0 Å². The molecule has 14 heavy (non-hydrogen) atoms. The summed E-state index contributed by atoms with van der Waals surface area (Å²) in [6, 6.07) is 0. The molecule has 0 aromatic rings. The molecule has 0 saturated carbocycles. The van der Waals surface area contributed by atoms with Crippen LogP contribution in [-0.2, 0) is 0 Å². The number of unbranched alkanes of at least 4 members (excludes halogenated alkanes) is 1. The molecule has 84 valence electrons. The van der Waals surface area contributed by atoms with Crippen molar-refractivity contribution >= 4 is 0 Å². The van der Waals surface area contributed by atoms with Gasteiger partial charge in [0.2, 0.25) is 0 Å². The van der Waals surface area contributed by atoms with Gasteiger partial charge in [-0.25, -0.2) is 0 Å². The largest absolute Gasteiger partial charge is 0.396 e. The molecule has 0 radical (unpaired) electrons. The molecular weight excluding hydrogens is 174 g/mol. The fourth-order valence-corrected chi connectivity index (χ4v) is 2.29. The second kappa shape index (κ2) is 7.24. The number of hydrogen-bond donors (Lipinski definition) is 1. The smallest absolute Gasteiger partial charge is 0.0443 e. The Bertz CT molecular complexity index is 114. The van der Waals surface area contributed by atoms with Gasteiger partial charge in [-0.15, -0.1) is 0 Å². The second-order valence-corrected chi connectivity index (χ2v) is 4.50. The van der Waals surface area contributed by atoms with Gasteiger partial charge in [-0.1, -0.05) is 26.2 Å². The number of piperidine rings is 1. The Morgan fingerprint density at radius 3 is 2.50 bits per heavy atom. The third-order valence-electron chi connectivity index (χ3n) is 3.31. The quantitative estimate of drug-likeness (QED) is 0.709. The van der Waals surface area contributed by atoms with Crippen molar-refractivity contribution in [1.82, 2.24) is 4.90 Å². The van der Waals surface area contributed by atoms with Crippen LogP contribution in [0.15, 0.2) is 0 Å². The number of likely N-dealkylation sites (tertiary alicyclic amines) is 1.